The molecule has 0 radical (unpaired) electrons. The van der Waals surface area contributed by atoms with Crippen molar-refractivity contribution in [2.24, 2.45) is 0 Å². The first kappa shape index (κ1) is 24.1. The highest BCUT2D eigenvalue weighted by Crippen LogP contribution is 2.27. The predicted octanol–water partition coefficient (Wildman–Crippen LogP) is 7.10. The third-order valence-electron chi connectivity index (χ3n) is 6.47. The molecule has 1 saturated carbocycles. The van der Waals surface area contributed by atoms with Crippen molar-refractivity contribution in [3.8, 4) is 5.75 Å². The van der Waals surface area contributed by atoms with Crippen LogP contribution in [0.2, 0.25) is 0 Å². The quantitative estimate of drug-likeness (QED) is 0.222. The summed E-state index contributed by atoms with van der Waals surface area (Å²) < 4.78 is 11.6. The summed E-state index contributed by atoms with van der Waals surface area (Å²) in [6.07, 6.45) is 7.12. The number of rotatable bonds is 11. The van der Waals surface area contributed by atoms with E-state index in [1.54, 1.807) is 0 Å². The second-order valence-electron chi connectivity index (χ2n) is 9.28. The predicted molar refractivity (Wildman–Crippen MR) is 146 cm³/mol. The Labute approximate surface area is 213 Å². The topological polar surface area (TPSA) is 68.3 Å². The second kappa shape index (κ2) is 12.4. The van der Waals surface area contributed by atoms with Gasteiger partial charge in [-0.3, -0.25) is 0 Å². The van der Waals surface area contributed by atoms with Crippen LogP contribution >= 0.6 is 0 Å². The molecule has 3 aromatic carbocycles. The molecule has 0 spiro atoms. The number of nitrogens with zero attached hydrogens (tertiary/aromatic N) is 2. The number of nitrogens with one attached hydrogen (secondary N) is 2. The Kier molecular flexibility index (Phi) is 8.26. The number of fused-ring (bicyclic) bond motifs is 1. The first-order valence-electron chi connectivity index (χ1n) is 13.0. The molecule has 5 rings (SSSR count). The summed E-state index contributed by atoms with van der Waals surface area (Å²) in [5.41, 5.74) is 3.05. The van der Waals surface area contributed by atoms with Crippen molar-refractivity contribution in [3.63, 3.8) is 0 Å². The summed E-state index contributed by atoms with van der Waals surface area (Å²) in [5.74, 6) is 2.34. The lowest BCUT2D eigenvalue weighted by atomic mass is 9.95. The average Bonchev–Trinajstić information content (AvgIpc) is 2.93. The molecule has 4 aromatic rings. The molecule has 0 bridgehead atoms. The normalized spacial score (nSPS) is 14.0. The van der Waals surface area contributed by atoms with Gasteiger partial charge in [-0.25, -0.2) is 4.98 Å². The summed E-state index contributed by atoms with van der Waals surface area (Å²) in [5, 5.41) is 8.11. The first-order valence-corrected chi connectivity index (χ1v) is 13.0. The van der Waals surface area contributed by atoms with Gasteiger partial charge in [0.15, 0.2) is 0 Å². The summed E-state index contributed by atoms with van der Waals surface area (Å²) in [7, 11) is 0. The van der Waals surface area contributed by atoms with Gasteiger partial charge in [-0.2, -0.15) is 4.98 Å². The smallest absolute Gasteiger partial charge is 0.229 e. The minimum atomic E-state index is 0.477. The van der Waals surface area contributed by atoms with E-state index in [2.05, 4.69) is 28.8 Å². The van der Waals surface area contributed by atoms with Gasteiger partial charge in [-0.1, -0.05) is 61.7 Å². The summed E-state index contributed by atoms with van der Waals surface area (Å²) >= 11 is 0. The number of benzene rings is 3. The van der Waals surface area contributed by atoms with E-state index < -0.39 is 0 Å². The van der Waals surface area contributed by atoms with E-state index in [-0.39, 0.29) is 0 Å². The van der Waals surface area contributed by atoms with Crippen LogP contribution in [0.25, 0.3) is 10.9 Å². The number of hydrogen-bond donors (Lipinski definition) is 2. The van der Waals surface area contributed by atoms with Crippen LogP contribution in [0.3, 0.4) is 0 Å². The lowest BCUT2D eigenvalue weighted by Gasteiger charge is -2.24. The molecule has 1 heterocycles. The molecule has 1 aliphatic rings. The minimum absolute atomic E-state index is 0.477. The van der Waals surface area contributed by atoms with E-state index in [0.717, 1.165) is 34.6 Å². The Morgan fingerprint density at radius 1 is 0.778 bits per heavy atom. The highest BCUT2D eigenvalue weighted by molar-refractivity contribution is 5.90. The van der Waals surface area contributed by atoms with Crippen molar-refractivity contribution < 1.29 is 9.47 Å². The summed E-state index contributed by atoms with van der Waals surface area (Å²) in [6, 6.07) is 26.8. The number of aromatic nitrogens is 2. The van der Waals surface area contributed by atoms with Crippen molar-refractivity contribution in [1.82, 2.24) is 9.97 Å². The summed E-state index contributed by atoms with van der Waals surface area (Å²) in [4.78, 5) is 9.57. The molecule has 1 aromatic heterocycles. The first-order chi connectivity index (χ1) is 17.8. The van der Waals surface area contributed by atoms with Gasteiger partial charge in [0.05, 0.1) is 25.3 Å². The van der Waals surface area contributed by atoms with Gasteiger partial charge in [-0.15, -0.1) is 0 Å². The third kappa shape index (κ3) is 6.73. The van der Waals surface area contributed by atoms with Crippen molar-refractivity contribution in [1.29, 1.82) is 0 Å². The molecule has 6 heteroatoms. The molecule has 2 N–H and O–H groups in total. The number of hydrogen-bond acceptors (Lipinski definition) is 6. The van der Waals surface area contributed by atoms with Crippen LogP contribution in [-0.4, -0.2) is 29.2 Å². The Morgan fingerprint density at radius 3 is 2.39 bits per heavy atom. The van der Waals surface area contributed by atoms with Crippen LogP contribution in [0.1, 0.15) is 44.1 Å². The molecule has 0 atom stereocenters. The highest BCUT2D eigenvalue weighted by Gasteiger charge is 2.16. The van der Waals surface area contributed by atoms with Gasteiger partial charge in [0.25, 0.3) is 0 Å². The van der Waals surface area contributed by atoms with Gasteiger partial charge in [0, 0.05) is 23.5 Å². The van der Waals surface area contributed by atoms with Crippen molar-refractivity contribution in [2.75, 3.05) is 23.8 Å². The zero-order valence-electron chi connectivity index (χ0n) is 20.7. The van der Waals surface area contributed by atoms with Gasteiger partial charge in [-0.05, 0) is 54.8 Å². The van der Waals surface area contributed by atoms with Gasteiger partial charge in [0.2, 0.25) is 5.95 Å². The zero-order chi connectivity index (χ0) is 24.4. The van der Waals surface area contributed by atoms with E-state index in [1.165, 1.54) is 37.7 Å². The fourth-order valence-electron chi connectivity index (χ4n) is 4.56. The molecule has 1 fully saturated rings. The van der Waals surface area contributed by atoms with Crippen LogP contribution in [0.4, 0.5) is 17.5 Å². The third-order valence-corrected chi connectivity index (χ3v) is 6.47. The van der Waals surface area contributed by atoms with E-state index in [9.17, 15) is 0 Å². The maximum Gasteiger partial charge on any atom is 0.229 e. The Hall–Kier alpha value is -3.64. The van der Waals surface area contributed by atoms with E-state index in [0.29, 0.717) is 31.8 Å². The van der Waals surface area contributed by atoms with Crippen molar-refractivity contribution in [3.05, 3.63) is 84.4 Å². The zero-order valence-corrected chi connectivity index (χ0v) is 20.7. The van der Waals surface area contributed by atoms with E-state index >= 15 is 0 Å². The number of para-hydroxylation sites is 1. The molecule has 36 heavy (non-hydrogen) atoms. The lowest BCUT2D eigenvalue weighted by molar-refractivity contribution is 0.107. The largest absolute Gasteiger partial charge is 0.494 e. The lowest BCUT2D eigenvalue weighted by Crippen LogP contribution is -2.23. The summed E-state index contributed by atoms with van der Waals surface area (Å²) in [6.45, 7) is 1.92. The van der Waals surface area contributed by atoms with Gasteiger partial charge in [0.1, 0.15) is 11.6 Å². The van der Waals surface area contributed by atoms with Crippen molar-refractivity contribution in [2.45, 2.75) is 51.2 Å². The molecule has 1 aliphatic carbocycles. The second-order valence-corrected chi connectivity index (χ2v) is 9.28. The Balaban J connectivity index is 1.14. The molecule has 6 nitrogen and oxygen atoms in total. The highest BCUT2D eigenvalue weighted by atomic mass is 16.5. The molecule has 0 amide bonds. The Bertz CT molecular complexity index is 1220. The molecule has 0 aliphatic heterocycles. The maximum atomic E-state index is 5.88. The fraction of sp³-hybridized carbons (Fsp3) is 0.333. The van der Waals surface area contributed by atoms with Gasteiger partial charge < -0.3 is 20.1 Å². The molecular weight excluding hydrogens is 448 g/mol. The molecule has 186 valence electrons. The SMILES string of the molecule is c1ccc(COCCCOc2ccc(Nc3nc(NC4CCCCC4)c4ccccc4n3)cc2)cc1. The van der Waals surface area contributed by atoms with Crippen LogP contribution in [0, 0.1) is 0 Å². The Morgan fingerprint density at radius 2 is 1.56 bits per heavy atom. The average molecular weight is 483 g/mol. The van der Waals surface area contributed by atoms with E-state index in [4.69, 9.17) is 19.4 Å². The maximum absolute atomic E-state index is 5.88. The molecule has 0 unspecified atom stereocenters. The van der Waals surface area contributed by atoms with Crippen molar-refractivity contribution >= 4 is 28.4 Å². The molecular formula is C30H34N4O2. The van der Waals surface area contributed by atoms with Gasteiger partial charge >= 0.3 is 0 Å². The van der Waals surface area contributed by atoms with Crippen LogP contribution < -0.4 is 15.4 Å². The van der Waals surface area contributed by atoms with Crippen LogP contribution in [0.15, 0.2) is 78.9 Å². The number of anilines is 3. The standard InChI is InChI=1S/C30H34N4O2/c1-3-10-23(11-4-1)22-35-20-9-21-36-26-18-16-25(17-19-26)32-30-33-28-15-8-7-14-27(28)29(34-30)31-24-12-5-2-6-13-24/h1,3-4,7-8,10-11,14-19,24H,2,5-6,9,12-13,20-22H2,(H2,31,32,33,34). The molecule has 0 saturated heterocycles. The fourth-order valence-corrected chi connectivity index (χ4v) is 4.56. The number of ether oxygens (including phenoxy) is 2. The minimum Gasteiger partial charge on any atom is -0.494 e. The monoisotopic (exact) mass is 482 g/mol. The van der Waals surface area contributed by atoms with Crippen LogP contribution in [0.5, 0.6) is 5.75 Å². The van der Waals surface area contributed by atoms with E-state index in [1.807, 2.05) is 60.7 Å². The van der Waals surface area contributed by atoms with Crippen LogP contribution in [-0.2, 0) is 11.3 Å².